The zero-order chi connectivity index (χ0) is 19.7. The van der Waals surface area contributed by atoms with Gasteiger partial charge < -0.3 is 15.0 Å². The van der Waals surface area contributed by atoms with Crippen LogP contribution >= 0.6 is 11.3 Å². The highest BCUT2D eigenvalue weighted by molar-refractivity contribution is 7.18. The molecule has 1 aliphatic carbocycles. The van der Waals surface area contributed by atoms with Crippen molar-refractivity contribution in [2.45, 2.75) is 46.1 Å². The van der Waals surface area contributed by atoms with Crippen molar-refractivity contribution >= 4 is 21.6 Å². The van der Waals surface area contributed by atoms with Crippen molar-refractivity contribution in [2.75, 3.05) is 13.2 Å². The molecular formula is C22H27N3O2S. The second-order valence-electron chi connectivity index (χ2n) is 7.82. The Kier molecular flexibility index (Phi) is 5.51. The molecule has 0 aliphatic heterocycles. The molecule has 1 aromatic carbocycles. The van der Waals surface area contributed by atoms with Crippen LogP contribution in [0.3, 0.4) is 0 Å². The Bertz CT molecular complexity index is 1020. The first-order chi connectivity index (χ1) is 13.5. The SMILES string of the molecule is Cc1ccc(OCCN[C@@H](C)c2nc3sc4c(c3c(=O)[nH]2)CC[C@H](C)C4)cc1. The van der Waals surface area contributed by atoms with Crippen molar-refractivity contribution in [3.63, 3.8) is 0 Å². The standard InChI is InChI=1S/C22H27N3O2S/c1-13-4-7-16(8-5-13)27-11-10-23-15(3)20-24-21(26)19-17-9-6-14(2)12-18(17)28-22(19)25-20/h4-5,7-8,14-15,23H,6,9-12H2,1-3H3,(H,24,25,26)/t14-,15-/m0/s1. The number of thiophene rings is 1. The fourth-order valence-electron chi connectivity index (χ4n) is 3.75. The largest absolute Gasteiger partial charge is 0.492 e. The minimum Gasteiger partial charge on any atom is -0.492 e. The Morgan fingerprint density at radius 1 is 1.36 bits per heavy atom. The van der Waals surface area contributed by atoms with Crippen molar-refractivity contribution in [2.24, 2.45) is 5.92 Å². The Balaban J connectivity index is 1.42. The molecule has 1 aliphatic rings. The number of ether oxygens (including phenoxy) is 1. The van der Waals surface area contributed by atoms with Gasteiger partial charge in [-0.25, -0.2) is 4.98 Å². The molecule has 3 aromatic rings. The fraction of sp³-hybridized carbons (Fsp3) is 0.455. The monoisotopic (exact) mass is 397 g/mol. The minimum atomic E-state index is -0.0447. The maximum Gasteiger partial charge on any atom is 0.259 e. The normalized spacial score (nSPS) is 17.5. The molecule has 0 bridgehead atoms. The van der Waals surface area contributed by atoms with Crippen LogP contribution in [0.15, 0.2) is 29.1 Å². The highest BCUT2D eigenvalue weighted by Crippen LogP contribution is 2.35. The summed E-state index contributed by atoms with van der Waals surface area (Å²) in [5.74, 6) is 2.25. The molecule has 5 nitrogen and oxygen atoms in total. The first-order valence-electron chi connectivity index (χ1n) is 9.98. The van der Waals surface area contributed by atoms with E-state index in [2.05, 4.69) is 24.1 Å². The van der Waals surface area contributed by atoms with E-state index in [-0.39, 0.29) is 11.6 Å². The zero-order valence-corrected chi connectivity index (χ0v) is 17.5. The van der Waals surface area contributed by atoms with Crippen LogP contribution in [0.4, 0.5) is 0 Å². The van der Waals surface area contributed by atoms with Gasteiger partial charge in [0.05, 0.1) is 11.4 Å². The highest BCUT2D eigenvalue weighted by atomic mass is 32.1. The molecule has 2 atom stereocenters. The van der Waals surface area contributed by atoms with Crippen molar-refractivity contribution in [1.29, 1.82) is 0 Å². The summed E-state index contributed by atoms with van der Waals surface area (Å²) in [6, 6.07) is 7.99. The van der Waals surface area contributed by atoms with Crippen LogP contribution in [-0.4, -0.2) is 23.1 Å². The smallest absolute Gasteiger partial charge is 0.259 e. The Labute approximate surface area is 169 Å². The number of aryl methyl sites for hydroxylation is 2. The van der Waals surface area contributed by atoms with E-state index in [1.165, 1.54) is 16.0 Å². The van der Waals surface area contributed by atoms with Gasteiger partial charge in [0, 0.05) is 11.4 Å². The third kappa shape index (κ3) is 3.98. The molecule has 148 valence electrons. The van der Waals surface area contributed by atoms with E-state index in [0.717, 1.165) is 35.2 Å². The Hall–Kier alpha value is -2.18. The van der Waals surface area contributed by atoms with Gasteiger partial charge in [0.1, 0.15) is 23.0 Å². The lowest BCUT2D eigenvalue weighted by Crippen LogP contribution is -2.27. The van der Waals surface area contributed by atoms with Gasteiger partial charge >= 0.3 is 0 Å². The summed E-state index contributed by atoms with van der Waals surface area (Å²) in [5.41, 5.74) is 2.44. The zero-order valence-electron chi connectivity index (χ0n) is 16.7. The van der Waals surface area contributed by atoms with Crippen LogP contribution in [0.2, 0.25) is 0 Å². The fourth-order valence-corrected chi connectivity index (χ4v) is 5.14. The second-order valence-corrected chi connectivity index (χ2v) is 8.90. The van der Waals surface area contributed by atoms with E-state index in [0.29, 0.717) is 24.9 Å². The first-order valence-corrected chi connectivity index (χ1v) is 10.8. The quantitative estimate of drug-likeness (QED) is 0.613. The number of H-pyrrole nitrogens is 1. The van der Waals surface area contributed by atoms with Gasteiger partial charge in [-0.2, -0.15) is 0 Å². The lowest BCUT2D eigenvalue weighted by molar-refractivity contribution is 0.306. The van der Waals surface area contributed by atoms with Crippen LogP contribution in [-0.2, 0) is 12.8 Å². The predicted octanol–water partition coefficient (Wildman–Crippen LogP) is 4.15. The third-order valence-corrected chi connectivity index (χ3v) is 6.58. The number of hydrogen-bond acceptors (Lipinski definition) is 5. The van der Waals surface area contributed by atoms with Gasteiger partial charge in [-0.3, -0.25) is 4.79 Å². The summed E-state index contributed by atoms with van der Waals surface area (Å²) in [6.07, 6.45) is 3.21. The molecule has 0 saturated carbocycles. The van der Waals surface area contributed by atoms with Crippen LogP contribution < -0.4 is 15.6 Å². The molecule has 0 amide bonds. The minimum absolute atomic E-state index is 0.00314. The molecular weight excluding hydrogens is 370 g/mol. The molecule has 2 heterocycles. The van der Waals surface area contributed by atoms with Crippen molar-refractivity contribution in [3.8, 4) is 5.75 Å². The number of aromatic nitrogens is 2. The number of fused-ring (bicyclic) bond motifs is 3. The molecule has 0 fully saturated rings. The van der Waals surface area contributed by atoms with Gasteiger partial charge in [-0.1, -0.05) is 24.6 Å². The molecule has 4 rings (SSSR count). The third-order valence-electron chi connectivity index (χ3n) is 5.44. The van der Waals surface area contributed by atoms with Gasteiger partial charge in [0.15, 0.2) is 0 Å². The summed E-state index contributed by atoms with van der Waals surface area (Å²) in [5, 5.41) is 4.20. The van der Waals surface area contributed by atoms with Crippen molar-refractivity contribution in [3.05, 3.63) is 56.4 Å². The van der Waals surface area contributed by atoms with Crippen molar-refractivity contribution < 1.29 is 4.74 Å². The second kappa shape index (κ2) is 8.05. The lowest BCUT2D eigenvalue weighted by atomic mass is 9.89. The molecule has 0 spiro atoms. The van der Waals surface area contributed by atoms with E-state index in [4.69, 9.17) is 9.72 Å². The number of aromatic amines is 1. The Morgan fingerprint density at radius 3 is 2.93 bits per heavy atom. The first kappa shape index (κ1) is 19.2. The van der Waals surface area contributed by atoms with E-state index >= 15 is 0 Å². The number of benzene rings is 1. The molecule has 0 radical (unpaired) electrons. The summed E-state index contributed by atoms with van der Waals surface area (Å²) in [4.78, 5) is 22.7. The topological polar surface area (TPSA) is 67.0 Å². The molecule has 2 aromatic heterocycles. The van der Waals surface area contributed by atoms with Crippen LogP contribution in [0.1, 0.15) is 48.1 Å². The molecule has 0 unspecified atom stereocenters. The number of rotatable bonds is 6. The van der Waals surface area contributed by atoms with Crippen LogP contribution in [0.5, 0.6) is 5.75 Å². The summed E-state index contributed by atoms with van der Waals surface area (Å²) >= 11 is 1.69. The summed E-state index contributed by atoms with van der Waals surface area (Å²) in [6.45, 7) is 7.59. The van der Waals surface area contributed by atoms with E-state index in [9.17, 15) is 4.79 Å². The van der Waals surface area contributed by atoms with Gasteiger partial charge in [-0.05, 0) is 56.7 Å². The predicted molar refractivity (Wildman–Crippen MR) is 115 cm³/mol. The average Bonchev–Trinajstić information content (AvgIpc) is 3.04. The summed E-state index contributed by atoms with van der Waals surface area (Å²) < 4.78 is 5.75. The number of hydrogen-bond donors (Lipinski definition) is 2. The van der Waals surface area contributed by atoms with E-state index in [1.54, 1.807) is 11.3 Å². The Morgan fingerprint density at radius 2 is 2.14 bits per heavy atom. The molecule has 28 heavy (non-hydrogen) atoms. The number of nitrogens with one attached hydrogen (secondary N) is 2. The van der Waals surface area contributed by atoms with Gasteiger partial charge in [-0.15, -0.1) is 11.3 Å². The maximum absolute atomic E-state index is 12.7. The van der Waals surface area contributed by atoms with Crippen LogP contribution in [0.25, 0.3) is 10.2 Å². The van der Waals surface area contributed by atoms with E-state index < -0.39 is 0 Å². The molecule has 2 N–H and O–H groups in total. The molecule has 6 heteroatoms. The summed E-state index contributed by atoms with van der Waals surface area (Å²) in [7, 11) is 0. The van der Waals surface area contributed by atoms with Crippen molar-refractivity contribution in [1.82, 2.24) is 15.3 Å². The highest BCUT2D eigenvalue weighted by Gasteiger charge is 2.23. The number of nitrogens with zero attached hydrogens (tertiary/aromatic N) is 1. The van der Waals surface area contributed by atoms with E-state index in [1.807, 2.05) is 31.2 Å². The lowest BCUT2D eigenvalue weighted by Gasteiger charge is -2.17. The average molecular weight is 398 g/mol. The van der Waals surface area contributed by atoms with Gasteiger partial charge in [0.25, 0.3) is 5.56 Å². The van der Waals surface area contributed by atoms with Gasteiger partial charge in [0.2, 0.25) is 0 Å². The maximum atomic E-state index is 12.7. The molecule has 0 saturated heterocycles. The van der Waals surface area contributed by atoms with Crippen LogP contribution in [0, 0.1) is 12.8 Å².